The summed E-state index contributed by atoms with van der Waals surface area (Å²) < 4.78 is 26.5. The number of amides is 1. The lowest BCUT2D eigenvalue weighted by Crippen LogP contribution is -2.30. The van der Waals surface area contributed by atoms with Crippen LogP contribution in [0.15, 0.2) is 36.4 Å². The Morgan fingerprint density at radius 3 is 2.24 bits per heavy atom. The monoisotopic (exact) mass is 419 g/mol. The Balaban J connectivity index is 2.03. The number of anilines is 1. The van der Waals surface area contributed by atoms with Gasteiger partial charge in [0.1, 0.15) is 11.6 Å². The molecule has 0 aliphatic heterocycles. The van der Waals surface area contributed by atoms with Crippen LogP contribution >= 0.6 is 0 Å². The quantitative estimate of drug-likeness (QED) is 0.737. The minimum absolute atomic E-state index is 0.0128. The molecule has 0 aliphatic rings. The van der Waals surface area contributed by atoms with Gasteiger partial charge in [-0.1, -0.05) is 51.1 Å². The van der Waals surface area contributed by atoms with Crippen LogP contribution in [-0.2, 0) is 32.0 Å². The Kier molecular flexibility index (Phi) is 6.93. The van der Waals surface area contributed by atoms with Gasteiger partial charge in [0.2, 0.25) is 5.91 Å². The Morgan fingerprint density at radius 1 is 1.07 bits per heavy atom. The van der Waals surface area contributed by atoms with Crippen molar-refractivity contribution in [2.45, 2.75) is 65.3 Å². The molecule has 0 saturated heterocycles. The topological polar surface area (TPSA) is 81.1 Å². The van der Waals surface area contributed by atoms with Crippen LogP contribution in [0.4, 0.5) is 5.82 Å². The first kappa shape index (κ1) is 23.1. The molecule has 160 valence electrons. The fourth-order valence-corrected chi connectivity index (χ4v) is 4.14. The van der Waals surface area contributed by atoms with E-state index in [1.807, 2.05) is 77.9 Å². The highest BCUT2D eigenvalue weighted by Gasteiger charge is 2.26. The third-order valence-electron chi connectivity index (χ3n) is 4.50. The van der Waals surface area contributed by atoms with Crippen molar-refractivity contribution in [1.29, 1.82) is 0 Å². The van der Waals surface area contributed by atoms with Crippen LogP contribution in [0.3, 0.4) is 0 Å². The standard InChI is InChI=1S/C22H33N3O3S/c1-21(2,3)18-15-19(25(24-18)22(4,5)6)23-20(26)16-29(27,28)14-10-13-17-11-8-7-9-12-17/h7-9,11-12,15H,10,13-14,16H2,1-6H3,(H,23,26). The first-order chi connectivity index (χ1) is 13.3. The van der Waals surface area contributed by atoms with Crippen molar-refractivity contribution in [3.63, 3.8) is 0 Å². The van der Waals surface area contributed by atoms with E-state index in [9.17, 15) is 13.2 Å². The van der Waals surface area contributed by atoms with Crippen LogP contribution in [0.25, 0.3) is 0 Å². The Morgan fingerprint density at radius 2 is 1.69 bits per heavy atom. The summed E-state index contributed by atoms with van der Waals surface area (Å²) in [7, 11) is -3.48. The minimum Gasteiger partial charge on any atom is -0.310 e. The van der Waals surface area contributed by atoms with Gasteiger partial charge in [-0.15, -0.1) is 0 Å². The predicted octanol–water partition coefficient (Wildman–Crippen LogP) is 3.92. The summed E-state index contributed by atoms with van der Waals surface area (Å²) in [5.41, 5.74) is 1.41. The highest BCUT2D eigenvalue weighted by molar-refractivity contribution is 7.92. The minimum atomic E-state index is -3.48. The zero-order valence-electron chi connectivity index (χ0n) is 18.3. The summed E-state index contributed by atoms with van der Waals surface area (Å²) in [6, 6.07) is 11.6. The second kappa shape index (κ2) is 8.69. The smallest absolute Gasteiger partial charge is 0.240 e. The van der Waals surface area contributed by atoms with E-state index in [1.165, 1.54) is 0 Å². The maximum absolute atomic E-state index is 12.5. The molecular weight excluding hydrogens is 386 g/mol. The molecule has 6 nitrogen and oxygen atoms in total. The molecule has 0 bridgehead atoms. The second-order valence-corrected chi connectivity index (χ2v) is 11.7. The molecule has 0 fully saturated rings. The number of carbonyl (C=O) groups is 1. The van der Waals surface area contributed by atoms with E-state index in [2.05, 4.69) is 10.4 Å². The Hall–Kier alpha value is -2.15. The summed E-state index contributed by atoms with van der Waals surface area (Å²) in [5, 5.41) is 7.39. The Labute approximate surface area is 174 Å². The summed E-state index contributed by atoms with van der Waals surface area (Å²) in [4.78, 5) is 12.5. The molecule has 1 aromatic heterocycles. The zero-order valence-corrected chi connectivity index (χ0v) is 19.1. The largest absolute Gasteiger partial charge is 0.310 e. The van der Waals surface area contributed by atoms with Crippen LogP contribution in [0.1, 0.15) is 59.2 Å². The van der Waals surface area contributed by atoms with Crippen molar-refractivity contribution in [2.75, 3.05) is 16.8 Å². The number of aromatic nitrogens is 2. The van der Waals surface area contributed by atoms with Gasteiger partial charge in [-0.25, -0.2) is 13.1 Å². The molecule has 2 aromatic rings. The highest BCUT2D eigenvalue weighted by atomic mass is 32.2. The van der Waals surface area contributed by atoms with E-state index in [-0.39, 0.29) is 16.7 Å². The van der Waals surface area contributed by atoms with Gasteiger partial charge in [-0.05, 0) is 39.2 Å². The third-order valence-corrected chi connectivity index (χ3v) is 6.11. The molecule has 0 saturated carbocycles. The average Bonchev–Trinajstić information content (AvgIpc) is 2.99. The highest BCUT2D eigenvalue weighted by Crippen LogP contribution is 2.28. The lowest BCUT2D eigenvalue weighted by Gasteiger charge is -2.23. The van der Waals surface area contributed by atoms with E-state index in [0.717, 1.165) is 11.3 Å². The third kappa shape index (κ3) is 6.99. The molecule has 1 heterocycles. The van der Waals surface area contributed by atoms with Crippen molar-refractivity contribution >= 4 is 21.6 Å². The van der Waals surface area contributed by atoms with Crippen LogP contribution in [0.5, 0.6) is 0 Å². The second-order valence-electron chi connectivity index (χ2n) is 9.48. The van der Waals surface area contributed by atoms with Gasteiger partial charge in [0.05, 0.1) is 17.0 Å². The number of aryl methyl sites for hydroxylation is 1. The molecule has 2 rings (SSSR count). The van der Waals surface area contributed by atoms with Gasteiger partial charge in [-0.2, -0.15) is 5.10 Å². The molecule has 0 aliphatic carbocycles. The molecule has 1 aromatic carbocycles. The molecule has 1 N–H and O–H groups in total. The van der Waals surface area contributed by atoms with Gasteiger partial charge < -0.3 is 5.32 Å². The number of hydrogen-bond acceptors (Lipinski definition) is 4. The van der Waals surface area contributed by atoms with Crippen LogP contribution in [0.2, 0.25) is 0 Å². The fraction of sp³-hybridized carbons (Fsp3) is 0.545. The number of nitrogens with zero attached hydrogens (tertiary/aromatic N) is 2. The van der Waals surface area contributed by atoms with Crippen molar-refractivity contribution in [2.24, 2.45) is 0 Å². The number of benzene rings is 1. The van der Waals surface area contributed by atoms with E-state index < -0.39 is 21.5 Å². The maximum atomic E-state index is 12.5. The average molecular weight is 420 g/mol. The molecule has 0 atom stereocenters. The van der Waals surface area contributed by atoms with E-state index in [0.29, 0.717) is 18.7 Å². The molecule has 1 amide bonds. The normalized spacial score (nSPS) is 12.8. The number of nitrogens with one attached hydrogen (secondary N) is 1. The van der Waals surface area contributed by atoms with E-state index in [1.54, 1.807) is 4.68 Å². The maximum Gasteiger partial charge on any atom is 0.240 e. The molecule has 0 radical (unpaired) electrons. The fourth-order valence-electron chi connectivity index (χ4n) is 2.94. The number of rotatable bonds is 7. The van der Waals surface area contributed by atoms with Crippen LogP contribution in [-0.4, -0.2) is 35.6 Å². The number of hydrogen-bond donors (Lipinski definition) is 1. The van der Waals surface area contributed by atoms with Gasteiger partial charge in [0.25, 0.3) is 0 Å². The number of carbonyl (C=O) groups excluding carboxylic acids is 1. The van der Waals surface area contributed by atoms with Gasteiger partial charge in [0, 0.05) is 11.5 Å². The molecule has 0 spiro atoms. The van der Waals surface area contributed by atoms with Crippen molar-refractivity contribution in [3.05, 3.63) is 47.7 Å². The van der Waals surface area contributed by atoms with Crippen molar-refractivity contribution < 1.29 is 13.2 Å². The lowest BCUT2D eigenvalue weighted by atomic mass is 9.92. The Bertz CT molecular complexity index is 934. The van der Waals surface area contributed by atoms with Crippen LogP contribution < -0.4 is 5.32 Å². The van der Waals surface area contributed by atoms with Crippen molar-refractivity contribution in [1.82, 2.24) is 9.78 Å². The van der Waals surface area contributed by atoms with Crippen LogP contribution in [0, 0.1) is 0 Å². The SMILES string of the molecule is CC(C)(C)c1cc(NC(=O)CS(=O)(=O)CCCc2ccccc2)n(C(C)(C)C)n1. The molecule has 7 heteroatoms. The summed E-state index contributed by atoms with van der Waals surface area (Å²) in [6.07, 6.45) is 1.17. The molecule has 29 heavy (non-hydrogen) atoms. The predicted molar refractivity (Wildman–Crippen MR) is 118 cm³/mol. The molecule has 0 unspecified atom stereocenters. The van der Waals surface area contributed by atoms with Gasteiger partial charge >= 0.3 is 0 Å². The van der Waals surface area contributed by atoms with Gasteiger partial charge in [-0.3, -0.25) is 4.79 Å². The van der Waals surface area contributed by atoms with E-state index in [4.69, 9.17) is 0 Å². The zero-order chi connectivity index (χ0) is 21.9. The summed E-state index contributed by atoms with van der Waals surface area (Å²) >= 11 is 0. The van der Waals surface area contributed by atoms with E-state index >= 15 is 0 Å². The number of sulfone groups is 1. The summed E-state index contributed by atoms with van der Waals surface area (Å²) in [5.74, 6) is -0.550. The molecular formula is C22H33N3O3S. The lowest BCUT2D eigenvalue weighted by molar-refractivity contribution is -0.113. The van der Waals surface area contributed by atoms with Gasteiger partial charge in [0.15, 0.2) is 9.84 Å². The summed E-state index contributed by atoms with van der Waals surface area (Å²) in [6.45, 7) is 12.1. The first-order valence-electron chi connectivity index (χ1n) is 9.93. The first-order valence-corrected chi connectivity index (χ1v) is 11.8. The van der Waals surface area contributed by atoms with Crippen molar-refractivity contribution in [3.8, 4) is 0 Å².